The highest BCUT2D eigenvalue weighted by molar-refractivity contribution is 7.92. The smallest absolute Gasteiger partial charge is 0.279 e. The van der Waals surface area contributed by atoms with Crippen molar-refractivity contribution in [3.05, 3.63) is 58.1 Å². The van der Waals surface area contributed by atoms with Crippen LogP contribution in [-0.2, 0) is 21.6 Å². The number of nitrogens with one attached hydrogen (secondary N) is 1. The minimum atomic E-state index is -4.67. The summed E-state index contributed by atoms with van der Waals surface area (Å²) in [6, 6.07) is 7.40. The molecule has 2 rings (SSSR count). The van der Waals surface area contributed by atoms with Crippen molar-refractivity contribution >= 4 is 27.3 Å². The van der Waals surface area contributed by atoms with Crippen LogP contribution in [0.25, 0.3) is 0 Å². The molecule has 0 saturated heterocycles. The summed E-state index contributed by atoms with van der Waals surface area (Å²) < 4.78 is 66.1. The number of hydrogen-bond donors (Lipinski definition) is 1. The molecule has 0 bridgehead atoms. The van der Waals surface area contributed by atoms with Crippen molar-refractivity contribution in [2.45, 2.75) is 44.2 Å². The first-order chi connectivity index (χ1) is 11.7. The maximum Gasteiger partial charge on any atom is 0.416 e. The molecule has 0 aliphatic rings. The van der Waals surface area contributed by atoms with Gasteiger partial charge in [-0.3, -0.25) is 4.72 Å². The van der Waals surface area contributed by atoms with Crippen LogP contribution < -0.4 is 4.72 Å². The highest BCUT2D eigenvalue weighted by atomic mass is 35.5. The van der Waals surface area contributed by atoms with Crippen molar-refractivity contribution < 1.29 is 21.6 Å². The first-order valence-corrected chi connectivity index (χ1v) is 9.58. The summed E-state index contributed by atoms with van der Waals surface area (Å²) in [6.45, 7) is 7.79. The van der Waals surface area contributed by atoms with E-state index in [1.807, 2.05) is 26.8 Å². The topological polar surface area (TPSA) is 46.2 Å². The molecule has 0 aliphatic carbocycles. The Balaban J connectivity index is 2.44. The van der Waals surface area contributed by atoms with E-state index >= 15 is 0 Å². The number of benzene rings is 2. The van der Waals surface area contributed by atoms with Gasteiger partial charge in [-0.25, -0.2) is 8.42 Å². The lowest BCUT2D eigenvalue weighted by molar-refractivity contribution is -0.137. The number of rotatable bonds is 3. The minimum absolute atomic E-state index is 0.119. The Morgan fingerprint density at radius 3 is 2.04 bits per heavy atom. The van der Waals surface area contributed by atoms with Gasteiger partial charge in [0.15, 0.2) is 0 Å². The quantitative estimate of drug-likeness (QED) is 0.705. The van der Waals surface area contributed by atoms with Gasteiger partial charge < -0.3 is 0 Å². The van der Waals surface area contributed by atoms with Crippen molar-refractivity contribution in [1.29, 1.82) is 0 Å². The Labute approximate surface area is 156 Å². The predicted molar refractivity (Wildman–Crippen MR) is 97.1 cm³/mol. The van der Waals surface area contributed by atoms with E-state index in [-0.39, 0.29) is 16.1 Å². The molecule has 142 valence electrons. The molecule has 0 amide bonds. The average Bonchev–Trinajstić information content (AvgIpc) is 2.47. The summed E-state index contributed by atoms with van der Waals surface area (Å²) in [6.07, 6.45) is -4.67. The molecule has 8 heteroatoms. The van der Waals surface area contributed by atoms with Gasteiger partial charge in [0.25, 0.3) is 10.0 Å². The highest BCUT2D eigenvalue weighted by Gasteiger charge is 2.33. The van der Waals surface area contributed by atoms with E-state index in [0.717, 1.165) is 17.7 Å². The zero-order chi connectivity index (χ0) is 19.9. The van der Waals surface area contributed by atoms with Crippen molar-refractivity contribution in [2.75, 3.05) is 4.72 Å². The van der Waals surface area contributed by atoms with E-state index in [9.17, 15) is 21.6 Å². The third-order valence-electron chi connectivity index (χ3n) is 3.88. The Kier molecular flexibility index (Phi) is 5.36. The van der Waals surface area contributed by atoms with Crippen LogP contribution in [-0.4, -0.2) is 8.42 Å². The number of aryl methyl sites for hydroxylation is 1. The van der Waals surface area contributed by atoms with Gasteiger partial charge in [-0.05, 0) is 47.7 Å². The van der Waals surface area contributed by atoms with Crippen LogP contribution in [0.3, 0.4) is 0 Å². The molecule has 2 aromatic rings. The van der Waals surface area contributed by atoms with Crippen LogP contribution >= 0.6 is 11.6 Å². The Morgan fingerprint density at radius 1 is 0.962 bits per heavy atom. The number of anilines is 1. The van der Waals surface area contributed by atoms with Crippen LogP contribution in [0.4, 0.5) is 18.9 Å². The first kappa shape index (κ1) is 20.6. The molecular weight excluding hydrogens is 387 g/mol. The fourth-order valence-electron chi connectivity index (χ4n) is 2.33. The maximum absolute atomic E-state index is 12.9. The largest absolute Gasteiger partial charge is 0.416 e. The lowest BCUT2D eigenvalue weighted by Gasteiger charge is -2.21. The van der Waals surface area contributed by atoms with E-state index < -0.39 is 26.7 Å². The first-order valence-electron chi connectivity index (χ1n) is 7.72. The second kappa shape index (κ2) is 6.78. The van der Waals surface area contributed by atoms with E-state index in [2.05, 4.69) is 4.72 Å². The summed E-state index contributed by atoms with van der Waals surface area (Å²) >= 11 is 5.84. The molecule has 0 unspecified atom stereocenters. The molecule has 0 saturated carbocycles. The van der Waals surface area contributed by atoms with E-state index in [4.69, 9.17) is 11.6 Å². The summed E-state index contributed by atoms with van der Waals surface area (Å²) in [5.41, 5.74) is 0.750. The van der Waals surface area contributed by atoms with Gasteiger partial charge in [0.2, 0.25) is 0 Å². The molecule has 26 heavy (non-hydrogen) atoms. The van der Waals surface area contributed by atoms with Crippen molar-refractivity contribution in [3.8, 4) is 0 Å². The van der Waals surface area contributed by atoms with Crippen molar-refractivity contribution in [3.63, 3.8) is 0 Å². The van der Waals surface area contributed by atoms with E-state index in [1.54, 1.807) is 19.1 Å². The predicted octanol–water partition coefficient (Wildman–Crippen LogP) is 5.77. The van der Waals surface area contributed by atoms with E-state index in [0.29, 0.717) is 11.6 Å². The van der Waals surface area contributed by atoms with Gasteiger partial charge in [0.05, 0.1) is 16.3 Å². The summed E-state index contributed by atoms with van der Waals surface area (Å²) in [7, 11) is -4.28. The Hall–Kier alpha value is -1.73. The van der Waals surface area contributed by atoms with Crippen molar-refractivity contribution in [2.24, 2.45) is 0 Å². The van der Waals surface area contributed by atoms with Crippen LogP contribution in [0, 0.1) is 6.92 Å². The fraction of sp³-hybridized carbons (Fsp3) is 0.333. The zero-order valence-corrected chi connectivity index (χ0v) is 16.3. The number of halogens is 4. The van der Waals surface area contributed by atoms with Crippen LogP contribution in [0.5, 0.6) is 0 Å². The SMILES string of the molecule is Cc1cc(C(C)(C)C)ccc1NS(=O)(=O)c1cc(C(F)(F)F)ccc1Cl. The monoisotopic (exact) mass is 405 g/mol. The standard InChI is InChI=1S/C18H19ClF3NO2S/c1-11-9-12(17(2,3)4)6-8-15(11)23-26(24,25)16-10-13(18(20,21)22)5-7-14(16)19/h5-10,23H,1-4H3. The average molecular weight is 406 g/mol. The molecule has 3 nitrogen and oxygen atoms in total. The molecule has 0 atom stereocenters. The van der Waals surface area contributed by atoms with Gasteiger partial charge in [-0.15, -0.1) is 0 Å². The lowest BCUT2D eigenvalue weighted by atomic mass is 9.86. The van der Waals surface area contributed by atoms with Crippen LogP contribution in [0.2, 0.25) is 5.02 Å². The lowest BCUT2D eigenvalue weighted by Crippen LogP contribution is -2.17. The number of alkyl halides is 3. The van der Waals surface area contributed by atoms with Crippen molar-refractivity contribution in [1.82, 2.24) is 0 Å². The second-order valence-corrected chi connectivity index (χ2v) is 9.09. The maximum atomic E-state index is 12.9. The fourth-order valence-corrected chi connectivity index (χ4v) is 3.99. The Bertz CT molecular complexity index is 932. The Morgan fingerprint density at radius 2 is 1.54 bits per heavy atom. The van der Waals surface area contributed by atoms with E-state index in [1.165, 1.54) is 0 Å². The molecule has 0 radical (unpaired) electrons. The third-order valence-corrected chi connectivity index (χ3v) is 5.73. The number of hydrogen-bond acceptors (Lipinski definition) is 2. The van der Waals surface area contributed by atoms with Gasteiger partial charge in [-0.1, -0.05) is 44.5 Å². The van der Waals surface area contributed by atoms with Gasteiger partial charge in [0, 0.05) is 0 Å². The van der Waals surface area contributed by atoms with Gasteiger partial charge in [0.1, 0.15) is 4.90 Å². The molecule has 1 N–H and O–H groups in total. The molecule has 2 aromatic carbocycles. The summed E-state index contributed by atoms with van der Waals surface area (Å²) in [4.78, 5) is -0.617. The minimum Gasteiger partial charge on any atom is -0.279 e. The molecule has 0 aliphatic heterocycles. The van der Waals surface area contributed by atoms with Gasteiger partial charge in [-0.2, -0.15) is 13.2 Å². The zero-order valence-electron chi connectivity index (χ0n) is 14.7. The summed E-state index contributed by atoms with van der Waals surface area (Å²) in [5, 5.41) is -0.283. The summed E-state index contributed by atoms with van der Waals surface area (Å²) in [5.74, 6) is 0. The van der Waals surface area contributed by atoms with Crippen LogP contribution in [0.15, 0.2) is 41.3 Å². The highest BCUT2D eigenvalue weighted by Crippen LogP contribution is 2.34. The molecule has 0 heterocycles. The van der Waals surface area contributed by atoms with Crippen LogP contribution in [0.1, 0.15) is 37.5 Å². The normalized spacial score (nSPS) is 12.9. The third kappa shape index (κ3) is 4.51. The molecule has 0 spiro atoms. The molecular formula is C18H19ClF3NO2S. The number of sulfonamides is 1. The second-order valence-electron chi connectivity index (χ2n) is 7.03. The van der Waals surface area contributed by atoms with Gasteiger partial charge >= 0.3 is 6.18 Å². The molecule has 0 fully saturated rings. The molecule has 0 aromatic heterocycles.